The first kappa shape index (κ1) is 17.6. The molecule has 0 fully saturated rings. The summed E-state index contributed by atoms with van der Waals surface area (Å²) in [7, 11) is 0. The van der Waals surface area contributed by atoms with Crippen LogP contribution in [0.5, 0.6) is 0 Å². The van der Waals surface area contributed by atoms with Gasteiger partial charge in [0.1, 0.15) is 5.65 Å². The van der Waals surface area contributed by atoms with Gasteiger partial charge in [0.05, 0.1) is 11.2 Å². The minimum absolute atomic E-state index is 0.982. The highest BCUT2D eigenvalue weighted by Gasteiger charge is 2.28. The lowest BCUT2D eigenvalue weighted by atomic mass is 9.96. The van der Waals surface area contributed by atoms with Crippen LogP contribution in [0.4, 0.5) is 0 Å². The molecule has 0 unspecified atom stereocenters. The quantitative estimate of drug-likeness (QED) is 0.233. The topological polar surface area (TPSA) is 17.3 Å². The van der Waals surface area contributed by atoms with E-state index in [1.54, 1.807) is 0 Å². The fraction of sp³-hybridized carbons (Fsp3) is 0.129. The largest absolute Gasteiger partial charge is 0.296 e. The summed E-state index contributed by atoms with van der Waals surface area (Å²) >= 11 is 0. The number of hydrogen-bond acceptors (Lipinski definition) is 1. The zero-order valence-corrected chi connectivity index (χ0v) is 18.7. The molecule has 0 aliphatic heterocycles. The summed E-state index contributed by atoms with van der Waals surface area (Å²) in [5.74, 6) is 0. The molecular weight excluding hydrogens is 400 g/mol. The minimum atomic E-state index is 0.982. The first-order chi connectivity index (χ1) is 16.2. The van der Waals surface area contributed by atoms with Crippen molar-refractivity contribution < 1.29 is 0 Å². The van der Waals surface area contributed by atoms with Crippen LogP contribution in [0, 0.1) is 13.8 Å². The average Bonchev–Trinajstić information content (AvgIpc) is 3.48. The molecule has 0 amide bonds. The van der Waals surface area contributed by atoms with Crippen molar-refractivity contribution in [2.75, 3.05) is 0 Å². The number of imidazole rings is 1. The van der Waals surface area contributed by atoms with Gasteiger partial charge >= 0.3 is 0 Å². The monoisotopic (exact) mass is 422 g/mol. The van der Waals surface area contributed by atoms with E-state index in [-0.39, 0.29) is 0 Å². The zero-order chi connectivity index (χ0) is 21.8. The number of aryl methyl sites for hydroxylation is 2. The number of pyridine rings is 1. The van der Waals surface area contributed by atoms with Crippen molar-refractivity contribution in [1.29, 1.82) is 0 Å². The van der Waals surface area contributed by atoms with E-state index in [0.717, 1.165) is 24.2 Å². The molecule has 2 aliphatic rings. The van der Waals surface area contributed by atoms with Gasteiger partial charge in [-0.15, -0.1) is 0 Å². The molecule has 0 saturated heterocycles. The van der Waals surface area contributed by atoms with E-state index in [0.29, 0.717) is 0 Å². The summed E-state index contributed by atoms with van der Waals surface area (Å²) in [6.45, 7) is 4.33. The number of rotatable bonds is 0. The summed E-state index contributed by atoms with van der Waals surface area (Å²) in [6, 6.07) is 27.2. The molecule has 0 bridgehead atoms. The lowest BCUT2D eigenvalue weighted by Crippen LogP contribution is -1.97. The molecule has 156 valence electrons. The fourth-order valence-electron chi connectivity index (χ4n) is 6.34. The molecule has 2 nitrogen and oxygen atoms in total. The minimum Gasteiger partial charge on any atom is -0.296 e. The SMILES string of the molecule is Cc1nc2c3ccccc3c3ccc4c(c3n2c1C)Cc1cc2c(cc1-4)-c1ccccc1C2. The van der Waals surface area contributed by atoms with Gasteiger partial charge in [-0.3, -0.25) is 4.40 Å². The third-order valence-electron chi connectivity index (χ3n) is 7.98. The summed E-state index contributed by atoms with van der Waals surface area (Å²) in [5.41, 5.74) is 16.2. The second-order valence-electron chi connectivity index (χ2n) is 9.65. The lowest BCUT2D eigenvalue weighted by molar-refractivity contribution is 1.13. The maximum Gasteiger partial charge on any atom is 0.145 e. The van der Waals surface area contributed by atoms with E-state index >= 15 is 0 Å². The van der Waals surface area contributed by atoms with Crippen molar-refractivity contribution in [1.82, 2.24) is 9.38 Å². The van der Waals surface area contributed by atoms with E-state index < -0.39 is 0 Å². The van der Waals surface area contributed by atoms with Gasteiger partial charge in [-0.2, -0.15) is 0 Å². The second-order valence-corrected chi connectivity index (χ2v) is 9.65. The lowest BCUT2D eigenvalue weighted by Gasteiger charge is -2.13. The van der Waals surface area contributed by atoms with Crippen molar-refractivity contribution in [3.8, 4) is 22.3 Å². The van der Waals surface area contributed by atoms with Crippen LogP contribution in [0.1, 0.15) is 33.6 Å². The summed E-state index contributed by atoms with van der Waals surface area (Å²) in [6.07, 6.45) is 2.03. The van der Waals surface area contributed by atoms with Crippen LogP contribution in [-0.2, 0) is 12.8 Å². The Hall–Kier alpha value is -3.91. The smallest absolute Gasteiger partial charge is 0.145 e. The van der Waals surface area contributed by atoms with Crippen molar-refractivity contribution in [3.05, 3.63) is 106 Å². The standard InChI is InChI=1S/C31H22N2/c1-17-18(2)33-30-25(23-9-5-6-10-26(23)31(33)32-17)12-11-24-28-16-27-20(14-21(28)15-29(24)30)13-19-7-3-4-8-22(19)27/h3-12,14,16H,13,15H2,1-2H3. The number of hydrogen-bond donors (Lipinski definition) is 0. The van der Waals surface area contributed by atoms with Gasteiger partial charge in [0.15, 0.2) is 0 Å². The highest BCUT2D eigenvalue weighted by atomic mass is 15.0. The van der Waals surface area contributed by atoms with Crippen LogP contribution < -0.4 is 0 Å². The first-order valence-electron chi connectivity index (χ1n) is 11.8. The van der Waals surface area contributed by atoms with Crippen LogP contribution in [0.25, 0.3) is 49.6 Å². The van der Waals surface area contributed by atoms with Crippen LogP contribution in [0.3, 0.4) is 0 Å². The maximum absolute atomic E-state index is 5.00. The van der Waals surface area contributed by atoms with E-state index in [9.17, 15) is 0 Å². The molecule has 2 aliphatic carbocycles. The predicted octanol–water partition coefficient (Wildman–Crippen LogP) is 7.40. The Balaban J connectivity index is 1.49. The molecule has 0 radical (unpaired) electrons. The summed E-state index contributed by atoms with van der Waals surface area (Å²) in [5, 5.41) is 3.84. The Bertz CT molecular complexity index is 1830. The summed E-state index contributed by atoms with van der Waals surface area (Å²) in [4.78, 5) is 5.00. The molecule has 0 spiro atoms. The van der Waals surface area contributed by atoms with E-state index in [1.165, 1.54) is 71.9 Å². The molecule has 2 aromatic heterocycles. The Kier molecular flexibility index (Phi) is 3.15. The highest BCUT2D eigenvalue weighted by Crippen LogP contribution is 2.47. The normalized spacial score (nSPS) is 13.5. The Morgan fingerprint density at radius 2 is 1.39 bits per heavy atom. The highest BCUT2D eigenvalue weighted by molar-refractivity contribution is 6.14. The molecule has 6 aromatic rings. The van der Waals surface area contributed by atoms with Crippen LogP contribution in [0.15, 0.2) is 72.8 Å². The third kappa shape index (κ3) is 2.11. The van der Waals surface area contributed by atoms with Gasteiger partial charge in [-0.25, -0.2) is 4.98 Å². The molecule has 0 saturated carbocycles. The zero-order valence-electron chi connectivity index (χ0n) is 18.7. The predicted molar refractivity (Wildman–Crippen MR) is 136 cm³/mol. The molecule has 4 aromatic carbocycles. The maximum atomic E-state index is 5.00. The van der Waals surface area contributed by atoms with E-state index in [1.807, 2.05) is 0 Å². The van der Waals surface area contributed by atoms with Crippen LogP contribution >= 0.6 is 0 Å². The van der Waals surface area contributed by atoms with E-state index in [4.69, 9.17) is 4.98 Å². The Labute approximate surface area is 192 Å². The summed E-state index contributed by atoms with van der Waals surface area (Å²) < 4.78 is 2.42. The van der Waals surface area contributed by atoms with Gasteiger partial charge in [0.2, 0.25) is 0 Å². The number of benzene rings is 4. The molecule has 2 heteroatoms. The fourth-order valence-corrected chi connectivity index (χ4v) is 6.34. The van der Waals surface area contributed by atoms with Crippen molar-refractivity contribution in [2.24, 2.45) is 0 Å². The van der Waals surface area contributed by atoms with Crippen LogP contribution in [-0.4, -0.2) is 9.38 Å². The number of nitrogens with zero attached hydrogens (tertiary/aromatic N) is 2. The van der Waals surface area contributed by atoms with Gasteiger partial charge in [-0.1, -0.05) is 66.7 Å². The average molecular weight is 423 g/mol. The van der Waals surface area contributed by atoms with Crippen molar-refractivity contribution in [2.45, 2.75) is 26.7 Å². The molecule has 8 rings (SSSR count). The second kappa shape index (κ2) is 5.90. The molecule has 2 heterocycles. The third-order valence-corrected chi connectivity index (χ3v) is 7.98. The molecule has 33 heavy (non-hydrogen) atoms. The number of aromatic nitrogens is 2. The van der Waals surface area contributed by atoms with Gasteiger partial charge in [0, 0.05) is 22.9 Å². The number of fused-ring (bicyclic) bond motifs is 13. The van der Waals surface area contributed by atoms with Gasteiger partial charge < -0.3 is 0 Å². The molecular formula is C31H22N2. The van der Waals surface area contributed by atoms with E-state index in [2.05, 4.69) is 91.0 Å². The Morgan fingerprint density at radius 1 is 0.636 bits per heavy atom. The molecule has 0 atom stereocenters. The van der Waals surface area contributed by atoms with Gasteiger partial charge in [-0.05, 0) is 76.2 Å². The van der Waals surface area contributed by atoms with Crippen LogP contribution in [0.2, 0.25) is 0 Å². The van der Waals surface area contributed by atoms with Crippen molar-refractivity contribution in [3.63, 3.8) is 0 Å². The molecule has 0 N–H and O–H groups in total. The Morgan fingerprint density at radius 3 is 2.30 bits per heavy atom. The van der Waals surface area contributed by atoms with Gasteiger partial charge in [0.25, 0.3) is 0 Å². The first-order valence-corrected chi connectivity index (χ1v) is 11.8. The van der Waals surface area contributed by atoms with Crippen molar-refractivity contribution >= 4 is 27.3 Å².